The van der Waals surface area contributed by atoms with Crippen LogP contribution in [0.3, 0.4) is 0 Å². The molecule has 2 aromatic carbocycles. The standard InChI is InChI=1S/C15H17N2O2.C13H18N2O.K/c1-19-14-8-7-13(9-12(14)10-16)17-15(18)11-5-3-2-4-6-11;1-10-7-13(14-5-6-15(3)4)8-12(9-16)11(10)2;/h2,7-9,11H,3-6H2,1H3,(H,17,18);7-8,14H,2,5-6H2,1,3-4H3;/q-1;-2;+1. The number of amides is 1. The van der Waals surface area contributed by atoms with Crippen LogP contribution in [0.5, 0.6) is 5.75 Å². The maximum atomic E-state index is 12.1. The molecule has 0 aromatic heterocycles. The fourth-order valence-corrected chi connectivity index (χ4v) is 3.74. The molecule has 1 amide bonds. The van der Waals surface area contributed by atoms with Crippen LogP contribution < -0.4 is 66.8 Å². The minimum atomic E-state index is 0. The van der Waals surface area contributed by atoms with Gasteiger partial charge in [-0.05, 0) is 44.3 Å². The Morgan fingerprint density at radius 2 is 1.94 bits per heavy atom. The van der Waals surface area contributed by atoms with Crippen molar-refractivity contribution in [2.75, 3.05) is 44.9 Å². The number of rotatable bonds is 8. The summed E-state index contributed by atoms with van der Waals surface area (Å²) >= 11 is 0. The Kier molecular flexibility index (Phi) is 15.0. The molecule has 7 nitrogen and oxygen atoms in total. The average Bonchev–Trinajstić information content (AvgIpc) is 2.86. The molecule has 0 aliphatic heterocycles. The average molecular weight is 515 g/mol. The number of nitrogens with one attached hydrogen (secondary N) is 2. The van der Waals surface area contributed by atoms with Crippen molar-refractivity contribution in [3.05, 3.63) is 65.9 Å². The van der Waals surface area contributed by atoms with E-state index < -0.39 is 0 Å². The summed E-state index contributed by atoms with van der Waals surface area (Å²) in [6.45, 7) is 7.58. The monoisotopic (exact) mass is 514 g/mol. The Bertz CT molecular complexity index is 1040. The van der Waals surface area contributed by atoms with Crippen LogP contribution in [0.1, 0.15) is 47.9 Å². The van der Waals surface area contributed by atoms with E-state index in [4.69, 9.17) is 10.00 Å². The SMILES string of the molecule is COc1ccc(NC(=O)C2CC[CH-]CC2)cc1C#N.[CH2-]c1c(C)cc(NCCN(C)C)cc1[C-]=O.[K+]. The zero-order valence-electron chi connectivity index (χ0n) is 22.1. The van der Waals surface area contributed by atoms with E-state index in [-0.39, 0.29) is 63.2 Å². The van der Waals surface area contributed by atoms with Gasteiger partial charge in [0.05, 0.1) is 12.7 Å². The van der Waals surface area contributed by atoms with E-state index in [0.29, 0.717) is 22.6 Å². The number of hydrogen-bond donors (Lipinski definition) is 2. The molecule has 0 heterocycles. The second-order valence-corrected chi connectivity index (χ2v) is 8.81. The zero-order chi connectivity index (χ0) is 25.8. The minimum absolute atomic E-state index is 0. The summed E-state index contributed by atoms with van der Waals surface area (Å²) in [5.41, 5.74) is 4.33. The van der Waals surface area contributed by atoms with Gasteiger partial charge in [0.2, 0.25) is 5.91 Å². The molecule has 36 heavy (non-hydrogen) atoms. The summed E-state index contributed by atoms with van der Waals surface area (Å²) in [7, 11) is 5.57. The van der Waals surface area contributed by atoms with Crippen molar-refractivity contribution in [3.63, 3.8) is 0 Å². The maximum Gasteiger partial charge on any atom is 1.00 e. The molecule has 0 bridgehead atoms. The largest absolute Gasteiger partial charge is 1.00 e. The second kappa shape index (κ2) is 16.8. The Morgan fingerprint density at radius 3 is 2.53 bits per heavy atom. The first kappa shape index (κ1) is 32.2. The van der Waals surface area contributed by atoms with Gasteiger partial charge in [0.15, 0.2) is 0 Å². The molecule has 0 radical (unpaired) electrons. The molecule has 8 heteroatoms. The number of carbonyl (C=O) groups excluding carboxylic acids is 2. The summed E-state index contributed by atoms with van der Waals surface area (Å²) in [4.78, 5) is 24.9. The first-order valence-electron chi connectivity index (χ1n) is 11.7. The summed E-state index contributed by atoms with van der Waals surface area (Å²) < 4.78 is 5.07. The molecule has 1 aliphatic rings. The summed E-state index contributed by atoms with van der Waals surface area (Å²) in [6.07, 6.45) is 7.97. The van der Waals surface area contributed by atoms with E-state index in [1.807, 2.05) is 33.4 Å². The first-order valence-corrected chi connectivity index (χ1v) is 11.7. The van der Waals surface area contributed by atoms with Gasteiger partial charge in [-0.3, -0.25) is 22.8 Å². The topological polar surface area (TPSA) is 94.5 Å². The van der Waals surface area contributed by atoms with Crippen LogP contribution in [0, 0.1) is 37.5 Å². The van der Waals surface area contributed by atoms with Crippen molar-refractivity contribution in [2.45, 2.75) is 32.6 Å². The molecular formula is C28H35KN4O3-2. The molecule has 0 atom stereocenters. The van der Waals surface area contributed by atoms with E-state index in [2.05, 4.69) is 34.9 Å². The number of methoxy groups -OCH3 is 1. The number of likely N-dealkylation sites (N-methyl/N-ethyl adjacent to an activating group) is 1. The number of benzene rings is 2. The van der Waals surface area contributed by atoms with Crippen molar-refractivity contribution in [1.82, 2.24) is 4.90 Å². The summed E-state index contributed by atoms with van der Waals surface area (Å²) in [5.74, 6) is 0.646. The number of aryl methyl sites for hydroxylation is 1. The Hall–Kier alpha value is -1.86. The molecule has 1 fully saturated rings. The third-order valence-corrected chi connectivity index (χ3v) is 5.87. The van der Waals surface area contributed by atoms with E-state index >= 15 is 0 Å². The van der Waals surface area contributed by atoms with Crippen molar-refractivity contribution >= 4 is 23.6 Å². The second-order valence-electron chi connectivity index (χ2n) is 8.81. The van der Waals surface area contributed by atoms with Crippen LogP contribution >= 0.6 is 0 Å². The van der Waals surface area contributed by atoms with Gasteiger partial charge < -0.3 is 31.5 Å². The van der Waals surface area contributed by atoms with Gasteiger partial charge in [-0.25, -0.2) is 5.56 Å². The predicted octanol–water partition coefficient (Wildman–Crippen LogP) is 1.51. The molecular weight excluding hydrogens is 479 g/mol. The molecule has 2 N–H and O–H groups in total. The van der Waals surface area contributed by atoms with Crippen LogP contribution in [0.25, 0.3) is 0 Å². The van der Waals surface area contributed by atoms with Gasteiger partial charge in [0, 0.05) is 24.7 Å². The Balaban J connectivity index is 0.000000356. The van der Waals surface area contributed by atoms with Gasteiger partial charge in [-0.15, -0.1) is 6.07 Å². The fraction of sp³-hybridized carbons (Fsp3) is 0.393. The minimum Gasteiger partial charge on any atom is -0.495 e. The number of nitriles is 1. The van der Waals surface area contributed by atoms with Crippen molar-refractivity contribution in [2.24, 2.45) is 5.92 Å². The van der Waals surface area contributed by atoms with Crippen molar-refractivity contribution in [3.8, 4) is 11.8 Å². The normalized spacial score (nSPS) is 12.9. The molecule has 1 aliphatic carbocycles. The molecule has 188 valence electrons. The van der Waals surface area contributed by atoms with Crippen LogP contribution in [0.4, 0.5) is 11.4 Å². The first-order chi connectivity index (χ1) is 16.8. The van der Waals surface area contributed by atoms with Crippen LogP contribution in [0.15, 0.2) is 30.3 Å². The molecule has 0 unspecified atom stereocenters. The number of hydrogen-bond acceptors (Lipinski definition) is 6. The van der Waals surface area contributed by atoms with E-state index in [9.17, 15) is 9.59 Å². The van der Waals surface area contributed by atoms with Gasteiger partial charge in [-0.2, -0.15) is 24.2 Å². The Labute approximate surface area is 258 Å². The van der Waals surface area contributed by atoms with Gasteiger partial charge >= 0.3 is 51.4 Å². The van der Waals surface area contributed by atoms with E-state index in [1.54, 1.807) is 24.3 Å². The van der Waals surface area contributed by atoms with Crippen molar-refractivity contribution < 1.29 is 65.7 Å². The molecule has 0 spiro atoms. The zero-order valence-corrected chi connectivity index (χ0v) is 25.2. The quantitative estimate of drug-likeness (QED) is 0.410. The maximum absolute atomic E-state index is 12.1. The molecule has 1 saturated carbocycles. The van der Waals surface area contributed by atoms with E-state index in [0.717, 1.165) is 55.6 Å². The summed E-state index contributed by atoms with van der Waals surface area (Å²) in [6, 6.07) is 10.9. The van der Waals surface area contributed by atoms with Crippen LogP contribution in [-0.4, -0.2) is 51.4 Å². The van der Waals surface area contributed by atoms with Crippen molar-refractivity contribution in [1.29, 1.82) is 5.26 Å². The third kappa shape index (κ3) is 10.2. The number of nitrogens with zero attached hydrogens (tertiary/aromatic N) is 2. The van der Waals surface area contributed by atoms with Gasteiger partial charge in [-0.1, -0.05) is 19.8 Å². The predicted molar refractivity (Wildman–Crippen MR) is 140 cm³/mol. The Morgan fingerprint density at radius 1 is 1.25 bits per heavy atom. The van der Waals surface area contributed by atoms with Gasteiger partial charge in [0.25, 0.3) is 0 Å². The number of carbonyl (C=O) groups is 1. The molecule has 2 aromatic rings. The smallest absolute Gasteiger partial charge is 0.495 e. The van der Waals surface area contributed by atoms with Gasteiger partial charge in [0.1, 0.15) is 11.8 Å². The molecule has 3 rings (SSSR count). The van der Waals surface area contributed by atoms with E-state index in [1.165, 1.54) is 7.11 Å². The summed E-state index contributed by atoms with van der Waals surface area (Å²) in [5, 5.41) is 15.2. The van der Waals surface area contributed by atoms with Crippen LogP contribution in [0.2, 0.25) is 0 Å². The van der Waals surface area contributed by atoms with Crippen LogP contribution in [-0.2, 0) is 9.59 Å². The third-order valence-electron chi connectivity index (χ3n) is 5.87. The number of anilines is 2. The molecule has 0 saturated heterocycles. The number of ether oxygens (including phenoxy) is 1. The fourth-order valence-electron chi connectivity index (χ4n) is 3.74.